The maximum Gasteiger partial charge on any atom is 0.264 e. The number of hydrazone groups is 1. The topological polar surface area (TPSA) is 110 Å². The average molecular weight is 462 g/mol. The monoisotopic (exact) mass is 461 g/mol. The lowest BCUT2D eigenvalue weighted by Crippen LogP contribution is -2.17. The molecule has 8 nitrogen and oxygen atoms in total. The van der Waals surface area contributed by atoms with E-state index in [1.807, 2.05) is 36.4 Å². The molecule has 0 saturated carbocycles. The third-order valence-electron chi connectivity index (χ3n) is 3.61. The van der Waals surface area contributed by atoms with Gasteiger partial charge in [-0.15, -0.1) is 10.2 Å². The highest BCUT2D eigenvalue weighted by Gasteiger charge is 2.13. The minimum atomic E-state index is -0.286. The van der Waals surface area contributed by atoms with Crippen LogP contribution in [0.4, 0.5) is 11.6 Å². The Labute approximate surface area is 187 Å². The van der Waals surface area contributed by atoms with E-state index in [0.29, 0.717) is 20.9 Å². The number of nitrogens with one attached hydrogen (secondary N) is 2. The van der Waals surface area contributed by atoms with Crippen molar-refractivity contribution in [2.45, 2.75) is 5.16 Å². The number of nitrogens with two attached hydrogens (primary N) is 1. The number of nitrogen functional groups attached to an aromatic ring is 1. The molecule has 0 fully saturated rings. The Morgan fingerprint density at radius 1 is 1.20 bits per heavy atom. The number of amides is 1. The molecule has 1 aromatic heterocycles. The van der Waals surface area contributed by atoms with Crippen LogP contribution in [-0.2, 0) is 4.79 Å². The highest BCUT2D eigenvalue weighted by Crippen LogP contribution is 2.26. The number of thioether (sulfide) groups is 1. The van der Waals surface area contributed by atoms with Crippen LogP contribution < -0.4 is 16.6 Å². The quantitative estimate of drug-likeness (QED) is 0.201. The summed E-state index contributed by atoms with van der Waals surface area (Å²) in [6, 6.07) is 14.6. The van der Waals surface area contributed by atoms with Crippen LogP contribution in [0.15, 0.2) is 64.9 Å². The van der Waals surface area contributed by atoms with E-state index in [1.165, 1.54) is 4.68 Å². The van der Waals surface area contributed by atoms with Crippen LogP contribution in [0, 0.1) is 0 Å². The first-order chi connectivity index (χ1) is 14.5. The molecule has 0 aliphatic carbocycles. The molecule has 1 amide bonds. The van der Waals surface area contributed by atoms with Gasteiger partial charge in [0.25, 0.3) is 5.95 Å². The van der Waals surface area contributed by atoms with Gasteiger partial charge in [0.1, 0.15) is 0 Å². The molecule has 0 bridgehead atoms. The molecule has 0 radical (unpaired) electrons. The lowest BCUT2D eigenvalue weighted by atomic mass is 10.2. The molecule has 3 rings (SSSR count). The van der Waals surface area contributed by atoms with Gasteiger partial charge >= 0.3 is 0 Å². The van der Waals surface area contributed by atoms with E-state index in [9.17, 15) is 4.79 Å². The van der Waals surface area contributed by atoms with Crippen LogP contribution in [0.25, 0.3) is 6.08 Å². The second kappa shape index (κ2) is 10.7. The number of rotatable bonds is 8. The smallest absolute Gasteiger partial charge is 0.264 e. The van der Waals surface area contributed by atoms with Crippen molar-refractivity contribution in [1.29, 1.82) is 0 Å². The second-order valence-electron chi connectivity index (χ2n) is 5.80. The summed E-state index contributed by atoms with van der Waals surface area (Å²) in [5, 5.41) is 15.8. The van der Waals surface area contributed by atoms with Gasteiger partial charge in [0.05, 0.1) is 16.5 Å². The number of hydrogen-bond acceptors (Lipinski definition) is 7. The van der Waals surface area contributed by atoms with Crippen molar-refractivity contribution >= 4 is 64.8 Å². The van der Waals surface area contributed by atoms with Gasteiger partial charge in [-0.1, -0.05) is 71.4 Å². The Bertz CT molecular complexity index is 1070. The minimum absolute atomic E-state index is 0.0568. The fourth-order valence-electron chi connectivity index (χ4n) is 2.22. The number of nitrogens with zero attached hydrogens (tertiary/aromatic N) is 4. The van der Waals surface area contributed by atoms with Gasteiger partial charge in [-0.3, -0.25) is 4.79 Å². The van der Waals surface area contributed by atoms with Crippen molar-refractivity contribution in [3.05, 3.63) is 70.2 Å². The van der Waals surface area contributed by atoms with Crippen molar-refractivity contribution in [1.82, 2.24) is 14.9 Å². The lowest BCUT2D eigenvalue weighted by Gasteiger charge is -2.07. The number of carbonyl (C=O) groups excluding carboxylic acids is 1. The van der Waals surface area contributed by atoms with Crippen LogP contribution in [0.5, 0.6) is 0 Å². The molecule has 4 N–H and O–H groups in total. The Balaban J connectivity index is 1.50. The van der Waals surface area contributed by atoms with E-state index >= 15 is 0 Å². The van der Waals surface area contributed by atoms with Crippen LogP contribution in [0.1, 0.15) is 5.56 Å². The Morgan fingerprint density at radius 3 is 2.80 bits per heavy atom. The third kappa shape index (κ3) is 6.24. The number of aromatic nitrogens is 3. The summed E-state index contributed by atoms with van der Waals surface area (Å²) < 4.78 is 1.21. The molecule has 0 unspecified atom stereocenters. The van der Waals surface area contributed by atoms with E-state index in [-0.39, 0.29) is 17.6 Å². The molecule has 154 valence electrons. The Kier molecular flexibility index (Phi) is 7.72. The van der Waals surface area contributed by atoms with Crippen LogP contribution in [0.3, 0.4) is 0 Å². The molecule has 0 aliphatic rings. The van der Waals surface area contributed by atoms with Gasteiger partial charge in [0, 0.05) is 11.2 Å². The summed E-state index contributed by atoms with van der Waals surface area (Å²) >= 11 is 13.1. The van der Waals surface area contributed by atoms with Gasteiger partial charge in [-0.2, -0.15) is 5.10 Å². The first-order valence-corrected chi connectivity index (χ1v) is 10.4. The summed E-state index contributed by atoms with van der Waals surface area (Å²) in [5.41, 5.74) is 4.19. The highest BCUT2D eigenvalue weighted by atomic mass is 35.5. The largest absolute Gasteiger partial charge is 0.334 e. The molecule has 0 atom stereocenters. The fourth-order valence-corrected chi connectivity index (χ4v) is 3.21. The number of hydrogen-bond donors (Lipinski definition) is 3. The van der Waals surface area contributed by atoms with Crippen molar-refractivity contribution in [3.8, 4) is 0 Å². The van der Waals surface area contributed by atoms with Crippen molar-refractivity contribution in [3.63, 3.8) is 0 Å². The molecule has 30 heavy (non-hydrogen) atoms. The number of allylic oxidation sites excluding steroid dienone is 1. The Morgan fingerprint density at radius 2 is 2.00 bits per heavy atom. The average Bonchev–Trinajstić information content (AvgIpc) is 3.09. The molecular formula is C19H17Cl2N7OS. The van der Waals surface area contributed by atoms with Crippen molar-refractivity contribution < 1.29 is 4.79 Å². The number of halogens is 2. The summed E-state index contributed by atoms with van der Waals surface area (Å²) in [6.07, 6.45) is 5.25. The van der Waals surface area contributed by atoms with E-state index in [1.54, 1.807) is 30.5 Å². The van der Waals surface area contributed by atoms with Gasteiger partial charge in [0.2, 0.25) is 11.1 Å². The fraction of sp³-hybridized carbons (Fsp3) is 0.0526. The lowest BCUT2D eigenvalue weighted by molar-refractivity contribution is -0.113. The summed E-state index contributed by atoms with van der Waals surface area (Å²) in [4.78, 5) is 12.1. The zero-order valence-corrected chi connectivity index (χ0v) is 17.8. The van der Waals surface area contributed by atoms with Crippen molar-refractivity contribution in [2.75, 3.05) is 22.3 Å². The molecule has 0 saturated heterocycles. The molecular weight excluding hydrogens is 445 g/mol. The summed E-state index contributed by atoms with van der Waals surface area (Å²) in [7, 11) is 0. The summed E-state index contributed by atoms with van der Waals surface area (Å²) in [5.74, 6) is 5.94. The minimum Gasteiger partial charge on any atom is -0.334 e. The first kappa shape index (κ1) is 21.7. The van der Waals surface area contributed by atoms with Crippen LogP contribution in [0.2, 0.25) is 10.0 Å². The molecule has 2 aromatic carbocycles. The van der Waals surface area contributed by atoms with E-state index in [4.69, 9.17) is 29.0 Å². The van der Waals surface area contributed by atoms with Gasteiger partial charge < -0.3 is 11.2 Å². The maximum absolute atomic E-state index is 12.1. The number of benzene rings is 2. The highest BCUT2D eigenvalue weighted by molar-refractivity contribution is 7.99. The zero-order valence-electron chi connectivity index (χ0n) is 15.5. The van der Waals surface area contributed by atoms with Crippen LogP contribution in [-0.4, -0.2) is 32.7 Å². The summed E-state index contributed by atoms with van der Waals surface area (Å²) in [6.45, 7) is 0. The molecule has 3 aromatic rings. The van der Waals surface area contributed by atoms with E-state index in [2.05, 4.69) is 26.0 Å². The standard InChI is InChI=1S/C19H17Cl2N7OS/c20-14-8-9-15(21)16(11-14)24-17(29)12-30-19-27-26-18(28(19)22)25-23-10-4-7-13-5-2-1-3-6-13/h1-11H,12,22H2,(H,24,29)(H,25,26)/b7-4+,23-10+. The molecule has 11 heteroatoms. The number of anilines is 2. The first-order valence-electron chi connectivity index (χ1n) is 8.62. The maximum atomic E-state index is 12.1. The van der Waals surface area contributed by atoms with Gasteiger partial charge in [0.15, 0.2) is 0 Å². The predicted molar refractivity (Wildman–Crippen MR) is 124 cm³/mol. The normalized spacial score (nSPS) is 11.3. The molecule has 0 spiro atoms. The zero-order chi connectivity index (χ0) is 21.3. The van der Waals surface area contributed by atoms with Crippen molar-refractivity contribution in [2.24, 2.45) is 5.10 Å². The Hall–Kier alpha value is -3.01. The van der Waals surface area contributed by atoms with E-state index in [0.717, 1.165) is 17.3 Å². The molecule has 0 aliphatic heterocycles. The van der Waals surface area contributed by atoms with E-state index < -0.39 is 0 Å². The molecule has 1 heterocycles. The van der Waals surface area contributed by atoms with Crippen LogP contribution >= 0.6 is 35.0 Å². The van der Waals surface area contributed by atoms with Gasteiger partial charge in [-0.25, -0.2) is 10.1 Å². The predicted octanol–water partition coefficient (Wildman–Crippen LogP) is 4.14. The number of carbonyl (C=O) groups is 1. The van der Waals surface area contributed by atoms with Gasteiger partial charge in [-0.05, 0) is 29.8 Å². The third-order valence-corrected chi connectivity index (χ3v) is 5.12. The SMILES string of the molecule is Nn1c(N/N=C/C=C/c2ccccc2)nnc1SCC(=O)Nc1cc(Cl)ccc1Cl. The second-order valence-corrected chi connectivity index (χ2v) is 7.58.